The maximum Gasteiger partial charge on any atom is 0.339 e. The molecule has 0 unspecified atom stereocenters. The fourth-order valence-electron chi connectivity index (χ4n) is 1.77. The van der Waals surface area contributed by atoms with Crippen LogP contribution in [0.1, 0.15) is 5.56 Å². The Morgan fingerprint density at radius 2 is 1.71 bits per heavy atom. The highest BCUT2D eigenvalue weighted by Gasteiger charge is 2.18. The molecule has 0 amide bonds. The minimum atomic E-state index is -3.99. The van der Waals surface area contributed by atoms with Gasteiger partial charge in [-0.15, -0.1) is 0 Å². The van der Waals surface area contributed by atoms with E-state index >= 15 is 0 Å². The molecule has 0 radical (unpaired) electrons. The molecule has 0 aliphatic heterocycles. The molecular weight excluding hydrogens is 326 g/mol. The fraction of sp³-hybridized carbons (Fsp3) is 0.0588. The first-order valence-electron chi connectivity index (χ1n) is 6.83. The van der Waals surface area contributed by atoms with Gasteiger partial charge in [0.2, 0.25) is 0 Å². The number of rotatable bonds is 5. The summed E-state index contributed by atoms with van der Waals surface area (Å²) < 4.78 is 29.9. The molecule has 2 aromatic rings. The van der Waals surface area contributed by atoms with E-state index in [1.807, 2.05) is 6.92 Å². The van der Waals surface area contributed by atoms with Crippen molar-refractivity contribution in [3.8, 4) is 17.9 Å². The van der Waals surface area contributed by atoms with Gasteiger partial charge in [-0.1, -0.05) is 29.8 Å². The molecule has 0 aromatic heterocycles. The highest BCUT2D eigenvalue weighted by atomic mass is 32.2. The Hall–Kier alpha value is -3.29. The van der Waals surface area contributed by atoms with Crippen molar-refractivity contribution in [2.75, 3.05) is 5.32 Å². The minimum absolute atomic E-state index is 0.0354. The van der Waals surface area contributed by atoms with Crippen LogP contribution in [0, 0.1) is 29.6 Å². The summed E-state index contributed by atoms with van der Waals surface area (Å²) in [5.41, 5.74) is 1.10. The van der Waals surface area contributed by atoms with Crippen molar-refractivity contribution in [3.63, 3.8) is 0 Å². The number of anilines is 1. The summed E-state index contributed by atoms with van der Waals surface area (Å²) in [5.74, 6) is 0.0598. The quantitative estimate of drug-likeness (QED) is 0.663. The number of hydrogen-bond donors (Lipinski definition) is 1. The number of aryl methyl sites for hydroxylation is 1. The molecule has 0 aliphatic carbocycles. The molecular formula is C17H13N3O3S. The zero-order valence-corrected chi connectivity index (χ0v) is 13.5. The zero-order valence-electron chi connectivity index (χ0n) is 12.7. The molecule has 0 saturated carbocycles. The van der Waals surface area contributed by atoms with E-state index in [0.717, 1.165) is 5.56 Å². The summed E-state index contributed by atoms with van der Waals surface area (Å²) in [5, 5.41) is 20.1. The van der Waals surface area contributed by atoms with Gasteiger partial charge in [0.15, 0.2) is 5.75 Å². The van der Waals surface area contributed by atoms with E-state index in [0.29, 0.717) is 5.69 Å². The van der Waals surface area contributed by atoms with Crippen molar-refractivity contribution in [3.05, 3.63) is 65.9 Å². The van der Waals surface area contributed by atoms with Crippen molar-refractivity contribution in [2.24, 2.45) is 0 Å². The van der Waals surface area contributed by atoms with E-state index in [1.165, 1.54) is 24.4 Å². The number of hydrogen-bond acceptors (Lipinski definition) is 6. The number of benzene rings is 2. The average molecular weight is 339 g/mol. The Balaban J connectivity index is 2.30. The van der Waals surface area contributed by atoms with Gasteiger partial charge in [0.05, 0.1) is 5.69 Å². The third-order valence-corrected chi connectivity index (χ3v) is 4.26. The smallest absolute Gasteiger partial charge is 0.339 e. The number of nitrogens with zero attached hydrogens (tertiary/aromatic N) is 2. The highest BCUT2D eigenvalue weighted by Crippen LogP contribution is 2.27. The van der Waals surface area contributed by atoms with Crippen LogP contribution in [-0.2, 0) is 10.1 Å². The van der Waals surface area contributed by atoms with Crippen LogP contribution in [0.4, 0.5) is 5.69 Å². The summed E-state index contributed by atoms with van der Waals surface area (Å²) in [4.78, 5) is 0.0354. The Morgan fingerprint density at radius 1 is 1.08 bits per heavy atom. The Morgan fingerprint density at radius 3 is 2.33 bits per heavy atom. The molecule has 120 valence electrons. The Bertz CT molecular complexity index is 934. The highest BCUT2D eigenvalue weighted by molar-refractivity contribution is 7.87. The summed E-state index contributed by atoms with van der Waals surface area (Å²) >= 11 is 0. The number of para-hydroxylation sites is 2. The van der Waals surface area contributed by atoms with Crippen LogP contribution in [-0.4, -0.2) is 8.42 Å². The molecule has 0 spiro atoms. The van der Waals surface area contributed by atoms with Crippen molar-refractivity contribution < 1.29 is 12.6 Å². The molecule has 1 N–H and O–H groups in total. The van der Waals surface area contributed by atoms with E-state index in [1.54, 1.807) is 42.5 Å². The second kappa shape index (κ2) is 7.32. The van der Waals surface area contributed by atoms with Crippen molar-refractivity contribution in [1.82, 2.24) is 0 Å². The maximum absolute atomic E-state index is 12.3. The standard InChI is InChI=1S/C17H13N3O3S/c1-13-6-8-15(9-7-13)24(21,22)23-17-5-3-2-4-16(17)20-12-14(10-18)11-19/h2-9,12,20H,1H3. The van der Waals surface area contributed by atoms with Gasteiger partial charge < -0.3 is 9.50 Å². The minimum Gasteiger partial charge on any atom is -0.377 e. The zero-order chi connectivity index (χ0) is 17.6. The van der Waals surface area contributed by atoms with Gasteiger partial charge in [0.25, 0.3) is 0 Å². The predicted molar refractivity (Wildman–Crippen MR) is 88.4 cm³/mol. The molecule has 0 fully saturated rings. The largest absolute Gasteiger partial charge is 0.377 e. The first kappa shape index (κ1) is 17.1. The molecule has 24 heavy (non-hydrogen) atoms. The van der Waals surface area contributed by atoms with Crippen LogP contribution < -0.4 is 9.50 Å². The molecule has 0 saturated heterocycles. The summed E-state index contributed by atoms with van der Waals surface area (Å²) in [6.07, 6.45) is 1.18. The van der Waals surface area contributed by atoms with E-state index < -0.39 is 10.1 Å². The summed E-state index contributed by atoms with van der Waals surface area (Å²) in [6, 6.07) is 16.0. The van der Waals surface area contributed by atoms with E-state index in [2.05, 4.69) is 5.32 Å². The number of nitrogens with one attached hydrogen (secondary N) is 1. The van der Waals surface area contributed by atoms with Gasteiger partial charge in [-0.25, -0.2) is 0 Å². The Kier molecular flexibility index (Phi) is 5.20. The second-order valence-electron chi connectivity index (χ2n) is 4.77. The maximum atomic E-state index is 12.3. The van der Waals surface area contributed by atoms with E-state index in [4.69, 9.17) is 14.7 Å². The third kappa shape index (κ3) is 4.13. The monoisotopic (exact) mass is 339 g/mol. The third-order valence-electron chi connectivity index (χ3n) is 3.01. The molecule has 2 aromatic carbocycles. The first-order valence-corrected chi connectivity index (χ1v) is 8.24. The van der Waals surface area contributed by atoms with Gasteiger partial charge in [-0.05, 0) is 31.2 Å². The van der Waals surface area contributed by atoms with Gasteiger partial charge in [-0.2, -0.15) is 18.9 Å². The molecule has 0 heterocycles. The van der Waals surface area contributed by atoms with Crippen molar-refractivity contribution in [1.29, 1.82) is 10.5 Å². The number of allylic oxidation sites excluding steroid dienone is 1. The fourth-order valence-corrected chi connectivity index (χ4v) is 2.72. The van der Waals surface area contributed by atoms with Crippen LogP contribution in [0.3, 0.4) is 0 Å². The molecule has 0 atom stereocenters. The second-order valence-corrected chi connectivity index (χ2v) is 6.32. The van der Waals surface area contributed by atoms with Crippen molar-refractivity contribution >= 4 is 15.8 Å². The lowest BCUT2D eigenvalue weighted by Crippen LogP contribution is -2.10. The normalized spacial score (nSPS) is 10.1. The average Bonchev–Trinajstić information content (AvgIpc) is 2.57. The summed E-state index contributed by atoms with van der Waals surface area (Å²) in [7, 11) is -3.99. The van der Waals surface area contributed by atoms with Gasteiger partial charge in [0.1, 0.15) is 22.6 Å². The van der Waals surface area contributed by atoms with E-state index in [-0.39, 0.29) is 16.2 Å². The molecule has 6 nitrogen and oxygen atoms in total. The summed E-state index contributed by atoms with van der Waals surface area (Å²) in [6.45, 7) is 1.85. The topological polar surface area (TPSA) is 103 Å². The Labute approximate surface area is 140 Å². The van der Waals surface area contributed by atoms with Crippen LogP contribution in [0.15, 0.2) is 65.2 Å². The first-order chi connectivity index (χ1) is 11.5. The van der Waals surface area contributed by atoms with Crippen LogP contribution in [0.2, 0.25) is 0 Å². The van der Waals surface area contributed by atoms with Crippen molar-refractivity contribution in [2.45, 2.75) is 11.8 Å². The molecule has 7 heteroatoms. The lowest BCUT2D eigenvalue weighted by molar-refractivity contribution is 0.487. The molecule has 0 aliphatic rings. The van der Waals surface area contributed by atoms with Crippen LogP contribution in [0.5, 0.6) is 5.75 Å². The predicted octanol–water partition coefficient (Wildman–Crippen LogP) is 3.11. The van der Waals surface area contributed by atoms with E-state index in [9.17, 15) is 8.42 Å². The van der Waals surface area contributed by atoms with Gasteiger partial charge in [0, 0.05) is 6.20 Å². The van der Waals surface area contributed by atoms with Crippen LogP contribution in [0.25, 0.3) is 0 Å². The SMILES string of the molecule is Cc1ccc(S(=O)(=O)Oc2ccccc2NC=C(C#N)C#N)cc1. The number of nitriles is 2. The van der Waals surface area contributed by atoms with Gasteiger partial charge >= 0.3 is 10.1 Å². The molecule has 0 bridgehead atoms. The lowest BCUT2D eigenvalue weighted by Gasteiger charge is -2.11. The molecule has 2 rings (SSSR count). The lowest BCUT2D eigenvalue weighted by atomic mass is 10.2. The van der Waals surface area contributed by atoms with Crippen LogP contribution >= 0.6 is 0 Å². The van der Waals surface area contributed by atoms with Gasteiger partial charge in [-0.3, -0.25) is 0 Å².